The topological polar surface area (TPSA) is 9.23 Å². The summed E-state index contributed by atoms with van der Waals surface area (Å²) in [6, 6.07) is 9.91. The Morgan fingerprint density at radius 2 is 2.00 bits per heavy atom. The number of ether oxygens (including phenoxy) is 1. The molecule has 0 N–H and O–H groups in total. The smallest absolute Gasteiger partial charge is 0.119 e. The van der Waals surface area contributed by atoms with Crippen molar-refractivity contribution in [3.63, 3.8) is 0 Å². The molecule has 1 nitrogen and oxygen atoms in total. The lowest BCUT2D eigenvalue weighted by atomic mass is 10.1. The zero-order valence-electron chi connectivity index (χ0n) is 8.58. The van der Waals surface area contributed by atoms with Crippen LogP contribution < -0.4 is 4.74 Å². The molecule has 0 fully saturated rings. The fourth-order valence-corrected chi connectivity index (χ4v) is 1.37. The summed E-state index contributed by atoms with van der Waals surface area (Å²) in [5.41, 5.74) is 0. The maximum Gasteiger partial charge on any atom is 0.119 e. The lowest BCUT2D eigenvalue weighted by Gasteiger charge is -2.08. The third kappa shape index (κ3) is 4.52. The third-order valence-electron chi connectivity index (χ3n) is 2.12. The highest BCUT2D eigenvalue weighted by Crippen LogP contribution is 2.11. The summed E-state index contributed by atoms with van der Waals surface area (Å²) >= 11 is 5.71. The summed E-state index contributed by atoms with van der Waals surface area (Å²) in [5, 5.41) is 0. The van der Waals surface area contributed by atoms with Gasteiger partial charge in [-0.1, -0.05) is 25.1 Å². The largest absolute Gasteiger partial charge is 0.494 e. The number of rotatable bonds is 6. The first-order valence-electron chi connectivity index (χ1n) is 5.06. The van der Waals surface area contributed by atoms with Gasteiger partial charge < -0.3 is 4.74 Å². The molecule has 0 saturated heterocycles. The van der Waals surface area contributed by atoms with Gasteiger partial charge in [0.15, 0.2) is 0 Å². The van der Waals surface area contributed by atoms with Crippen molar-refractivity contribution >= 4 is 11.6 Å². The molecule has 0 aliphatic carbocycles. The van der Waals surface area contributed by atoms with Gasteiger partial charge in [-0.2, -0.15) is 0 Å². The Labute approximate surface area is 91.0 Å². The van der Waals surface area contributed by atoms with Gasteiger partial charge in [0, 0.05) is 5.88 Å². The fourth-order valence-electron chi connectivity index (χ4n) is 1.22. The molecule has 1 atom stereocenters. The van der Waals surface area contributed by atoms with E-state index in [0.717, 1.165) is 31.1 Å². The van der Waals surface area contributed by atoms with Gasteiger partial charge in [-0.3, -0.25) is 0 Å². The Kier molecular flexibility index (Phi) is 5.46. The van der Waals surface area contributed by atoms with Crippen LogP contribution in [-0.2, 0) is 0 Å². The van der Waals surface area contributed by atoms with Gasteiger partial charge in [0.25, 0.3) is 0 Å². The molecule has 1 aromatic rings. The average molecular weight is 213 g/mol. The molecule has 0 saturated carbocycles. The first-order chi connectivity index (χ1) is 6.83. The Bertz CT molecular complexity index is 235. The van der Waals surface area contributed by atoms with E-state index in [0.29, 0.717) is 5.92 Å². The predicted molar refractivity (Wildman–Crippen MR) is 61.1 cm³/mol. The molecule has 0 spiro atoms. The second kappa shape index (κ2) is 6.72. The molecule has 0 heterocycles. The van der Waals surface area contributed by atoms with Crippen molar-refractivity contribution in [2.24, 2.45) is 5.92 Å². The standard InChI is InChI=1S/C12H17ClO/c1-11(10-13)6-5-9-14-12-7-3-2-4-8-12/h2-4,7-8,11H,5-6,9-10H2,1H3. The SMILES string of the molecule is CC(CCl)CCCOc1ccccc1. The van der Waals surface area contributed by atoms with Gasteiger partial charge >= 0.3 is 0 Å². The summed E-state index contributed by atoms with van der Waals surface area (Å²) < 4.78 is 5.56. The van der Waals surface area contributed by atoms with Crippen LogP contribution in [0.25, 0.3) is 0 Å². The number of benzene rings is 1. The van der Waals surface area contributed by atoms with Crippen LogP contribution in [0.2, 0.25) is 0 Å². The molecular formula is C12H17ClO. The number of hydrogen-bond donors (Lipinski definition) is 0. The van der Waals surface area contributed by atoms with Crippen LogP contribution in [0, 0.1) is 5.92 Å². The lowest BCUT2D eigenvalue weighted by molar-refractivity contribution is 0.298. The molecule has 78 valence electrons. The van der Waals surface area contributed by atoms with E-state index in [1.807, 2.05) is 30.3 Å². The highest BCUT2D eigenvalue weighted by atomic mass is 35.5. The Morgan fingerprint density at radius 1 is 1.29 bits per heavy atom. The highest BCUT2D eigenvalue weighted by Gasteiger charge is 1.99. The minimum Gasteiger partial charge on any atom is -0.494 e. The molecule has 2 heteroatoms. The van der Waals surface area contributed by atoms with Crippen molar-refractivity contribution < 1.29 is 4.74 Å². The van der Waals surface area contributed by atoms with E-state index < -0.39 is 0 Å². The molecule has 0 aliphatic rings. The van der Waals surface area contributed by atoms with E-state index in [1.165, 1.54) is 0 Å². The summed E-state index contributed by atoms with van der Waals surface area (Å²) in [6.07, 6.45) is 2.21. The minimum absolute atomic E-state index is 0.594. The number of para-hydroxylation sites is 1. The Morgan fingerprint density at radius 3 is 2.64 bits per heavy atom. The van der Waals surface area contributed by atoms with Crippen LogP contribution in [0.4, 0.5) is 0 Å². The zero-order chi connectivity index (χ0) is 10.2. The fraction of sp³-hybridized carbons (Fsp3) is 0.500. The quantitative estimate of drug-likeness (QED) is 0.516. The van der Waals surface area contributed by atoms with Gasteiger partial charge in [0.05, 0.1) is 6.61 Å². The lowest BCUT2D eigenvalue weighted by Crippen LogP contribution is -2.02. The van der Waals surface area contributed by atoms with Gasteiger partial charge in [-0.05, 0) is 30.9 Å². The first kappa shape index (κ1) is 11.4. The van der Waals surface area contributed by atoms with E-state index in [-0.39, 0.29) is 0 Å². The van der Waals surface area contributed by atoms with Crippen LogP contribution >= 0.6 is 11.6 Å². The van der Waals surface area contributed by atoms with Crippen molar-refractivity contribution in [2.45, 2.75) is 19.8 Å². The van der Waals surface area contributed by atoms with Gasteiger partial charge in [-0.15, -0.1) is 11.6 Å². The summed E-state index contributed by atoms with van der Waals surface area (Å²) in [7, 11) is 0. The highest BCUT2D eigenvalue weighted by molar-refractivity contribution is 6.18. The molecule has 14 heavy (non-hydrogen) atoms. The molecule has 1 aromatic carbocycles. The molecule has 1 unspecified atom stereocenters. The number of hydrogen-bond acceptors (Lipinski definition) is 1. The monoisotopic (exact) mass is 212 g/mol. The summed E-state index contributed by atoms with van der Waals surface area (Å²) in [4.78, 5) is 0. The van der Waals surface area contributed by atoms with Gasteiger partial charge in [0.2, 0.25) is 0 Å². The van der Waals surface area contributed by atoms with E-state index in [2.05, 4.69) is 6.92 Å². The number of halogens is 1. The normalized spacial score (nSPS) is 12.4. The molecule has 0 radical (unpaired) electrons. The van der Waals surface area contributed by atoms with Crippen molar-refractivity contribution in [3.05, 3.63) is 30.3 Å². The second-order valence-electron chi connectivity index (χ2n) is 3.56. The second-order valence-corrected chi connectivity index (χ2v) is 3.87. The van der Waals surface area contributed by atoms with Crippen molar-refractivity contribution in [3.8, 4) is 5.75 Å². The van der Waals surface area contributed by atoms with Crippen molar-refractivity contribution in [2.75, 3.05) is 12.5 Å². The molecule has 0 aromatic heterocycles. The van der Waals surface area contributed by atoms with Crippen LogP contribution in [0.5, 0.6) is 5.75 Å². The van der Waals surface area contributed by atoms with Crippen LogP contribution in [0.15, 0.2) is 30.3 Å². The van der Waals surface area contributed by atoms with Crippen LogP contribution in [0.3, 0.4) is 0 Å². The number of alkyl halides is 1. The van der Waals surface area contributed by atoms with E-state index in [1.54, 1.807) is 0 Å². The van der Waals surface area contributed by atoms with E-state index in [4.69, 9.17) is 16.3 Å². The molecular weight excluding hydrogens is 196 g/mol. The van der Waals surface area contributed by atoms with Crippen LogP contribution in [-0.4, -0.2) is 12.5 Å². The Hall–Kier alpha value is -0.690. The van der Waals surface area contributed by atoms with E-state index >= 15 is 0 Å². The summed E-state index contributed by atoms with van der Waals surface area (Å²) in [6.45, 7) is 2.95. The molecule has 0 amide bonds. The van der Waals surface area contributed by atoms with Crippen molar-refractivity contribution in [1.29, 1.82) is 0 Å². The first-order valence-corrected chi connectivity index (χ1v) is 5.60. The third-order valence-corrected chi connectivity index (χ3v) is 2.64. The Balaban J connectivity index is 2.10. The predicted octanol–water partition coefficient (Wildman–Crippen LogP) is 3.72. The molecule has 0 aliphatic heterocycles. The maximum atomic E-state index is 5.71. The van der Waals surface area contributed by atoms with Gasteiger partial charge in [-0.25, -0.2) is 0 Å². The maximum absolute atomic E-state index is 5.71. The summed E-state index contributed by atoms with van der Waals surface area (Å²) in [5.74, 6) is 2.28. The van der Waals surface area contributed by atoms with E-state index in [9.17, 15) is 0 Å². The van der Waals surface area contributed by atoms with Crippen LogP contribution in [0.1, 0.15) is 19.8 Å². The minimum atomic E-state index is 0.594. The van der Waals surface area contributed by atoms with Crippen molar-refractivity contribution in [1.82, 2.24) is 0 Å². The average Bonchev–Trinajstić information content (AvgIpc) is 2.25. The zero-order valence-corrected chi connectivity index (χ0v) is 9.33. The van der Waals surface area contributed by atoms with Gasteiger partial charge in [0.1, 0.15) is 5.75 Å². The molecule has 0 bridgehead atoms. The molecule has 1 rings (SSSR count).